The summed E-state index contributed by atoms with van der Waals surface area (Å²) in [5.74, 6) is 0.0904. The lowest BCUT2D eigenvalue weighted by atomic mass is 9.98. The summed E-state index contributed by atoms with van der Waals surface area (Å²) in [6, 6.07) is 20.1. The van der Waals surface area contributed by atoms with Gasteiger partial charge in [0.25, 0.3) is 0 Å². The Labute approximate surface area is 156 Å². The fraction of sp³-hybridized carbons (Fsp3) is 0.409. The highest BCUT2D eigenvalue weighted by atomic mass is 16.2. The summed E-state index contributed by atoms with van der Waals surface area (Å²) in [7, 11) is 0. The maximum Gasteiger partial charge on any atom is 0.237 e. The number of rotatable bonds is 6. The quantitative estimate of drug-likeness (QED) is 0.869. The van der Waals surface area contributed by atoms with Crippen LogP contribution in [0.3, 0.4) is 0 Å². The Morgan fingerprint density at radius 1 is 0.923 bits per heavy atom. The van der Waals surface area contributed by atoms with Crippen molar-refractivity contribution in [3.63, 3.8) is 0 Å². The fourth-order valence-electron chi connectivity index (χ4n) is 3.55. The van der Waals surface area contributed by atoms with Crippen molar-refractivity contribution in [3.8, 4) is 0 Å². The van der Waals surface area contributed by atoms with Crippen LogP contribution in [0.25, 0.3) is 0 Å². The van der Waals surface area contributed by atoms with E-state index in [0.29, 0.717) is 0 Å². The zero-order chi connectivity index (χ0) is 18.4. The van der Waals surface area contributed by atoms with Crippen molar-refractivity contribution >= 4 is 5.91 Å². The van der Waals surface area contributed by atoms with E-state index >= 15 is 0 Å². The molecule has 0 aliphatic carbocycles. The number of carbonyl (C=O) groups is 1. The standard InChI is InChI=1S/C22H29N3O/c1-3-24-14-16-25(17-15-24)18(2)22(26)23-21(19-10-6-4-7-11-19)20-12-8-5-9-13-20/h4-13,18,21H,3,14-17H2,1-2H3,(H,23,26)/t18-/m0/s1. The predicted octanol–water partition coefficient (Wildman–Crippen LogP) is 2.92. The second-order valence-corrected chi connectivity index (χ2v) is 6.91. The van der Waals surface area contributed by atoms with E-state index in [1.807, 2.05) is 43.3 Å². The molecule has 1 atom stereocenters. The number of nitrogens with one attached hydrogen (secondary N) is 1. The average molecular weight is 351 g/mol. The summed E-state index contributed by atoms with van der Waals surface area (Å²) in [5, 5.41) is 3.28. The summed E-state index contributed by atoms with van der Waals surface area (Å²) in [6.45, 7) is 9.26. The number of hydrogen-bond donors (Lipinski definition) is 1. The SMILES string of the molecule is CCN1CCN([C@@H](C)C(=O)NC(c2ccccc2)c2ccccc2)CC1. The molecular formula is C22H29N3O. The number of nitrogens with zero attached hydrogens (tertiary/aromatic N) is 2. The van der Waals surface area contributed by atoms with Crippen molar-refractivity contribution < 1.29 is 4.79 Å². The zero-order valence-corrected chi connectivity index (χ0v) is 15.8. The topological polar surface area (TPSA) is 35.6 Å². The summed E-state index contributed by atoms with van der Waals surface area (Å²) >= 11 is 0. The van der Waals surface area contributed by atoms with Gasteiger partial charge in [-0.3, -0.25) is 9.69 Å². The average Bonchev–Trinajstić information content (AvgIpc) is 2.72. The highest BCUT2D eigenvalue weighted by molar-refractivity contribution is 5.82. The van der Waals surface area contributed by atoms with Gasteiger partial charge >= 0.3 is 0 Å². The van der Waals surface area contributed by atoms with Gasteiger partial charge in [0.05, 0.1) is 12.1 Å². The third kappa shape index (κ3) is 4.51. The van der Waals surface area contributed by atoms with Gasteiger partial charge in [-0.15, -0.1) is 0 Å². The van der Waals surface area contributed by atoms with Gasteiger partial charge in [-0.05, 0) is 24.6 Å². The number of piperazine rings is 1. The number of amides is 1. The van der Waals surface area contributed by atoms with Gasteiger partial charge in [-0.1, -0.05) is 67.6 Å². The Morgan fingerprint density at radius 3 is 1.88 bits per heavy atom. The molecule has 1 N–H and O–H groups in total. The van der Waals surface area contributed by atoms with E-state index in [2.05, 4.69) is 46.3 Å². The van der Waals surface area contributed by atoms with Gasteiger partial charge in [0, 0.05) is 26.2 Å². The zero-order valence-electron chi connectivity index (χ0n) is 15.8. The number of likely N-dealkylation sites (N-methyl/N-ethyl adjacent to an activating group) is 1. The van der Waals surface area contributed by atoms with E-state index in [9.17, 15) is 4.79 Å². The molecule has 138 valence electrons. The van der Waals surface area contributed by atoms with Gasteiger partial charge in [-0.2, -0.15) is 0 Å². The third-order valence-electron chi connectivity index (χ3n) is 5.33. The molecule has 1 saturated heterocycles. The molecule has 0 aromatic heterocycles. The molecule has 0 saturated carbocycles. The van der Waals surface area contributed by atoms with Crippen molar-refractivity contribution in [1.29, 1.82) is 0 Å². The van der Waals surface area contributed by atoms with Crippen molar-refractivity contribution in [1.82, 2.24) is 15.1 Å². The van der Waals surface area contributed by atoms with E-state index in [1.165, 1.54) is 0 Å². The van der Waals surface area contributed by atoms with Crippen LogP contribution in [0.5, 0.6) is 0 Å². The summed E-state index contributed by atoms with van der Waals surface area (Å²) in [5.41, 5.74) is 2.21. The van der Waals surface area contributed by atoms with Crippen molar-refractivity contribution in [2.75, 3.05) is 32.7 Å². The minimum atomic E-state index is -0.121. The Bertz CT molecular complexity index is 642. The Balaban J connectivity index is 1.71. The lowest BCUT2D eigenvalue weighted by Crippen LogP contribution is -2.54. The van der Waals surface area contributed by atoms with Crippen LogP contribution in [0.2, 0.25) is 0 Å². The van der Waals surface area contributed by atoms with Crippen LogP contribution < -0.4 is 5.32 Å². The molecule has 0 radical (unpaired) electrons. The molecule has 1 fully saturated rings. The summed E-state index contributed by atoms with van der Waals surface area (Å²) < 4.78 is 0. The molecule has 4 heteroatoms. The van der Waals surface area contributed by atoms with Crippen LogP contribution in [0.4, 0.5) is 0 Å². The van der Waals surface area contributed by atoms with E-state index in [0.717, 1.165) is 43.9 Å². The van der Waals surface area contributed by atoms with Crippen molar-refractivity contribution in [3.05, 3.63) is 71.8 Å². The van der Waals surface area contributed by atoms with Crippen LogP contribution in [0.15, 0.2) is 60.7 Å². The molecule has 2 aromatic carbocycles. The number of benzene rings is 2. The van der Waals surface area contributed by atoms with Crippen LogP contribution in [0, 0.1) is 0 Å². The number of hydrogen-bond acceptors (Lipinski definition) is 3. The molecule has 2 aromatic rings. The molecule has 3 rings (SSSR count). The molecule has 1 heterocycles. The van der Waals surface area contributed by atoms with Crippen LogP contribution in [-0.4, -0.2) is 54.5 Å². The van der Waals surface area contributed by atoms with Gasteiger partial charge in [-0.25, -0.2) is 0 Å². The first kappa shape index (κ1) is 18.6. The van der Waals surface area contributed by atoms with E-state index < -0.39 is 0 Å². The second-order valence-electron chi connectivity index (χ2n) is 6.91. The van der Waals surface area contributed by atoms with Crippen molar-refractivity contribution in [2.24, 2.45) is 0 Å². The Hall–Kier alpha value is -2.17. The Morgan fingerprint density at radius 2 is 1.42 bits per heavy atom. The minimum absolute atomic E-state index is 0.0904. The highest BCUT2D eigenvalue weighted by Crippen LogP contribution is 2.22. The summed E-state index contributed by atoms with van der Waals surface area (Å²) in [4.78, 5) is 17.7. The normalized spacial score (nSPS) is 17.2. The summed E-state index contributed by atoms with van der Waals surface area (Å²) in [6.07, 6.45) is 0. The molecule has 1 aliphatic heterocycles. The minimum Gasteiger partial charge on any atom is -0.344 e. The van der Waals surface area contributed by atoms with E-state index in [-0.39, 0.29) is 18.0 Å². The molecule has 4 nitrogen and oxygen atoms in total. The maximum absolute atomic E-state index is 13.0. The molecular weight excluding hydrogens is 322 g/mol. The molecule has 1 aliphatic rings. The molecule has 26 heavy (non-hydrogen) atoms. The largest absolute Gasteiger partial charge is 0.344 e. The lowest BCUT2D eigenvalue weighted by Gasteiger charge is -2.37. The molecule has 1 amide bonds. The molecule has 0 spiro atoms. The number of carbonyl (C=O) groups excluding carboxylic acids is 1. The van der Waals surface area contributed by atoms with Crippen LogP contribution in [-0.2, 0) is 4.79 Å². The predicted molar refractivity (Wildman–Crippen MR) is 106 cm³/mol. The molecule has 0 unspecified atom stereocenters. The van der Waals surface area contributed by atoms with E-state index in [1.54, 1.807) is 0 Å². The first-order valence-corrected chi connectivity index (χ1v) is 9.55. The van der Waals surface area contributed by atoms with Gasteiger partial charge in [0.1, 0.15) is 0 Å². The second kappa shape index (κ2) is 8.97. The monoisotopic (exact) mass is 351 g/mol. The maximum atomic E-state index is 13.0. The highest BCUT2D eigenvalue weighted by Gasteiger charge is 2.27. The fourth-order valence-corrected chi connectivity index (χ4v) is 3.55. The van der Waals surface area contributed by atoms with Crippen LogP contribution >= 0.6 is 0 Å². The van der Waals surface area contributed by atoms with Crippen LogP contribution in [0.1, 0.15) is 31.0 Å². The third-order valence-corrected chi connectivity index (χ3v) is 5.33. The van der Waals surface area contributed by atoms with Gasteiger partial charge < -0.3 is 10.2 Å². The van der Waals surface area contributed by atoms with E-state index in [4.69, 9.17) is 0 Å². The van der Waals surface area contributed by atoms with Crippen molar-refractivity contribution in [2.45, 2.75) is 25.9 Å². The first-order chi connectivity index (χ1) is 12.7. The Kier molecular flexibility index (Phi) is 6.42. The smallest absolute Gasteiger partial charge is 0.237 e. The molecule has 0 bridgehead atoms. The lowest BCUT2D eigenvalue weighted by molar-refractivity contribution is -0.127. The van der Waals surface area contributed by atoms with Gasteiger partial charge in [0.15, 0.2) is 0 Å². The van der Waals surface area contributed by atoms with Gasteiger partial charge in [0.2, 0.25) is 5.91 Å². The first-order valence-electron chi connectivity index (χ1n) is 9.55.